The van der Waals surface area contributed by atoms with E-state index in [1.54, 1.807) is 0 Å². The number of aliphatic imine (C=N–C) groups is 1. The van der Waals surface area contributed by atoms with Gasteiger partial charge in [-0.1, -0.05) is 6.07 Å². The van der Waals surface area contributed by atoms with E-state index in [9.17, 15) is 24.5 Å². The number of esters is 3. The minimum Gasteiger partial charge on any atom is -0.423 e. The first-order chi connectivity index (χ1) is 14.2. The van der Waals surface area contributed by atoms with Crippen molar-refractivity contribution in [1.29, 1.82) is 0 Å². The molecule has 0 saturated heterocycles. The van der Waals surface area contributed by atoms with Crippen molar-refractivity contribution in [3.05, 3.63) is 69.4 Å². The number of benzene rings is 2. The van der Waals surface area contributed by atoms with Crippen LogP contribution in [0.25, 0.3) is 6.08 Å². The van der Waals surface area contributed by atoms with E-state index in [4.69, 9.17) is 14.2 Å². The van der Waals surface area contributed by atoms with Crippen LogP contribution in [0.3, 0.4) is 0 Å². The Morgan fingerprint density at radius 2 is 1.67 bits per heavy atom. The molecule has 152 valence electrons. The van der Waals surface area contributed by atoms with E-state index in [1.807, 2.05) is 0 Å². The number of cyclic esters (lactones) is 1. The van der Waals surface area contributed by atoms with Crippen molar-refractivity contribution in [3.8, 4) is 11.5 Å². The third-order valence-electron chi connectivity index (χ3n) is 3.72. The van der Waals surface area contributed by atoms with E-state index in [0.717, 1.165) is 0 Å². The Kier molecular flexibility index (Phi) is 5.68. The summed E-state index contributed by atoms with van der Waals surface area (Å²) in [6.45, 7) is 2.40. The van der Waals surface area contributed by atoms with Gasteiger partial charge < -0.3 is 14.2 Å². The van der Waals surface area contributed by atoms with Gasteiger partial charge in [0.15, 0.2) is 17.2 Å². The van der Waals surface area contributed by atoms with Gasteiger partial charge in [-0.15, -0.1) is 0 Å². The summed E-state index contributed by atoms with van der Waals surface area (Å²) in [7, 11) is 0. The number of carbonyl (C=O) groups excluding carboxylic acids is 3. The van der Waals surface area contributed by atoms with Crippen LogP contribution in [0.4, 0.5) is 5.69 Å². The zero-order chi connectivity index (χ0) is 21.8. The number of nitrogens with zero attached hydrogens (tertiary/aromatic N) is 2. The smallest absolute Gasteiger partial charge is 0.363 e. The molecule has 0 bridgehead atoms. The Morgan fingerprint density at radius 3 is 2.27 bits per heavy atom. The summed E-state index contributed by atoms with van der Waals surface area (Å²) in [4.78, 5) is 49.0. The van der Waals surface area contributed by atoms with E-state index < -0.39 is 22.8 Å². The highest BCUT2D eigenvalue weighted by molar-refractivity contribution is 6.12. The lowest BCUT2D eigenvalue weighted by Gasteiger charge is -2.09. The maximum absolute atomic E-state index is 12.1. The minimum atomic E-state index is -0.721. The molecule has 0 radical (unpaired) electrons. The predicted molar refractivity (Wildman–Crippen MR) is 103 cm³/mol. The molecule has 30 heavy (non-hydrogen) atoms. The fourth-order valence-electron chi connectivity index (χ4n) is 2.50. The number of carbonyl (C=O) groups is 3. The van der Waals surface area contributed by atoms with Gasteiger partial charge >= 0.3 is 17.9 Å². The van der Waals surface area contributed by atoms with Gasteiger partial charge in [-0.3, -0.25) is 19.7 Å². The molecule has 0 spiro atoms. The molecule has 2 aromatic rings. The molecule has 1 aliphatic rings. The number of hydrogen-bond acceptors (Lipinski definition) is 9. The van der Waals surface area contributed by atoms with Crippen molar-refractivity contribution < 1.29 is 33.5 Å². The van der Waals surface area contributed by atoms with Crippen LogP contribution in [-0.4, -0.2) is 28.7 Å². The van der Waals surface area contributed by atoms with Gasteiger partial charge in [0.05, 0.1) is 4.92 Å². The molecule has 0 aliphatic carbocycles. The SMILES string of the molecule is CC(=O)Oc1ccc(/C=C2/N=C(c3ccc([N+](=O)[O-])cc3)OC2=O)cc1OC(C)=O. The van der Waals surface area contributed by atoms with Gasteiger partial charge in [0.2, 0.25) is 5.90 Å². The van der Waals surface area contributed by atoms with Crippen molar-refractivity contribution in [3.63, 3.8) is 0 Å². The van der Waals surface area contributed by atoms with Gasteiger partial charge in [-0.25, -0.2) is 9.79 Å². The molecule has 3 rings (SSSR count). The molecular weight excluding hydrogens is 396 g/mol. The van der Waals surface area contributed by atoms with Gasteiger partial charge in [-0.2, -0.15) is 0 Å². The Labute approximate surface area is 169 Å². The summed E-state index contributed by atoms with van der Waals surface area (Å²) in [5.41, 5.74) is 0.689. The van der Waals surface area contributed by atoms with Gasteiger partial charge in [-0.05, 0) is 35.9 Å². The van der Waals surface area contributed by atoms with Crippen LogP contribution in [0, 0.1) is 10.1 Å². The van der Waals surface area contributed by atoms with Crippen molar-refractivity contribution in [2.24, 2.45) is 4.99 Å². The first-order valence-electron chi connectivity index (χ1n) is 8.51. The van der Waals surface area contributed by atoms with Crippen LogP contribution in [0.15, 0.2) is 53.2 Å². The maximum Gasteiger partial charge on any atom is 0.363 e. The van der Waals surface area contributed by atoms with Crippen LogP contribution in [0.1, 0.15) is 25.0 Å². The number of rotatable bonds is 5. The first kappa shape index (κ1) is 20.4. The Hall–Kier alpha value is -4.34. The molecule has 0 fully saturated rings. The minimum absolute atomic E-state index is 0.00186. The molecule has 0 unspecified atom stereocenters. The molecular formula is C20H14N2O8. The highest BCUT2D eigenvalue weighted by Crippen LogP contribution is 2.30. The maximum atomic E-state index is 12.1. The lowest BCUT2D eigenvalue weighted by molar-refractivity contribution is -0.384. The van der Waals surface area contributed by atoms with E-state index in [0.29, 0.717) is 11.1 Å². The third-order valence-corrected chi connectivity index (χ3v) is 3.72. The molecule has 1 heterocycles. The summed E-state index contributed by atoms with van der Waals surface area (Å²) >= 11 is 0. The highest BCUT2D eigenvalue weighted by Gasteiger charge is 2.25. The fraction of sp³-hybridized carbons (Fsp3) is 0.100. The average Bonchev–Trinajstić information content (AvgIpc) is 3.03. The molecule has 0 amide bonds. The molecule has 2 aromatic carbocycles. The second-order valence-corrected chi connectivity index (χ2v) is 6.03. The Balaban J connectivity index is 1.91. The van der Waals surface area contributed by atoms with E-state index in [2.05, 4.69) is 4.99 Å². The Bertz CT molecular complexity index is 1120. The van der Waals surface area contributed by atoms with E-state index >= 15 is 0 Å². The number of hydrogen-bond donors (Lipinski definition) is 0. The quantitative estimate of drug-likeness (QED) is 0.241. The van der Waals surface area contributed by atoms with Crippen molar-refractivity contribution in [2.45, 2.75) is 13.8 Å². The summed E-state index contributed by atoms with van der Waals surface area (Å²) in [6.07, 6.45) is 1.39. The van der Waals surface area contributed by atoms with Crippen LogP contribution < -0.4 is 9.47 Å². The summed E-state index contributed by atoms with van der Waals surface area (Å²) in [5, 5.41) is 10.7. The van der Waals surface area contributed by atoms with Gasteiger partial charge in [0.25, 0.3) is 5.69 Å². The number of ether oxygens (including phenoxy) is 3. The standard InChI is InChI=1S/C20H14N2O8/c1-11(23)28-17-8-3-13(10-18(17)29-12(2)24)9-16-20(25)30-19(21-16)14-4-6-15(7-5-14)22(26)27/h3-10H,1-2H3/b16-9+. The average molecular weight is 410 g/mol. The van der Waals surface area contributed by atoms with E-state index in [1.165, 1.54) is 62.4 Å². The largest absolute Gasteiger partial charge is 0.423 e. The van der Waals surface area contributed by atoms with Crippen LogP contribution >= 0.6 is 0 Å². The summed E-state index contributed by atoms with van der Waals surface area (Å²) in [5.74, 6) is -1.89. The summed E-state index contributed by atoms with van der Waals surface area (Å²) < 4.78 is 15.2. The first-order valence-corrected chi connectivity index (χ1v) is 8.51. The van der Waals surface area contributed by atoms with Crippen molar-refractivity contribution >= 4 is 35.6 Å². The van der Waals surface area contributed by atoms with Crippen molar-refractivity contribution in [2.75, 3.05) is 0 Å². The number of nitro groups is 1. The molecule has 0 atom stereocenters. The van der Waals surface area contributed by atoms with E-state index in [-0.39, 0.29) is 28.8 Å². The second-order valence-electron chi connectivity index (χ2n) is 6.03. The van der Waals surface area contributed by atoms with Gasteiger partial charge in [0, 0.05) is 31.5 Å². The molecule has 1 aliphatic heterocycles. The normalized spacial score (nSPS) is 14.1. The van der Waals surface area contributed by atoms with Crippen molar-refractivity contribution in [1.82, 2.24) is 0 Å². The second kappa shape index (κ2) is 8.35. The predicted octanol–water partition coefficient (Wildman–Crippen LogP) is 2.79. The zero-order valence-corrected chi connectivity index (χ0v) is 15.8. The lowest BCUT2D eigenvalue weighted by atomic mass is 10.1. The molecule has 10 heteroatoms. The van der Waals surface area contributed by atoms with Crippen LogP contribution in [0.2, 0.25) is 0 Å². The summed E-state index contributed by atoms with van der Waals surface area (Å²) in [6, 6.07) is 9.72. The lowest BCUT2D eigenvalue weighted by Crippen LogP contribution is -2.07. The highest BCUT2D eigenvalue weighted by atomic mass is 16.6. The van der Waals surface area contributed by atoms with Crippen LogP contribution in [0.5, 0.6) is 11.5 Å². The third kappa shape index (κ3) is 4.73. The zero-order valence-electron chi connectivity index (χ0n) is 15.8. The monoisotopic (exact) mass is 410 g/mol. The van der Waals surface area contributed by atoms with Crippen LogP contribution in [-0.2, 0) is 19.1 Å². The fourth-order valence-corrected chi connectivity index (χ4v) is 2.50. The molecule has 0 aromatic heterocycles. The molecule has 0 N–H and O–H groups in total. The Morgan fingerprint density at radius 1 is 1.03 bits per heavy atom. The molecule has 0 saturated carbocycles. The number of nitro benzene ring substituents is 1. The number of non-ortho nitro benzene ring substituents is 1. The topological polar surface area (TPSA) is 134 Å². The van der Waals surface area contributed by atoms with Gasteiger partial charge in [0.1, 0.15) is 0 Å². The molecule has 10 nitrogen and oxygen atoms in total.